The third-order valence-electron chi connectivity index (χ3n) is 18.4. The lowest BCUT2D eigenvalue weighted by atomic mass is 9.61. The van der Waals surface area contributed by atoms with Crippen molar-refractivity contribution in [1.29, 1.82) is 0 Å². The number of aryl methyl sites for hydroxylation is 2. The number of pyridine rings is 2. The van der Waals surface area contributed by atoms with Gasteiger partial charge >= 0.3 is 0 Å². The normalized spacial score (nSPS) is 28.9. The second-order valence-electron chi connectivity index (χ2n) is 25.2. The molecule has 3 nitrogen and oxygen atoms in total. The van der Waals surface area contributed by atoms with Crippen LogP contribution >= 0.6 is 0 Å². The SMILES string of the molecule is Cc1cccc(C)c1-c1ccc2c(c1)-c1cc3c4c5c(ncc4n4c6cnc7c(c6c(c1C2(CC(C)(C)C)CC(C)(C)C)c34)C1CC2CC(CC7C2)C1)C1CC2CC(C1)CC5C2. The zero-order chi connectivity index (χ0) is 41.9. The van der Waals surface area contributed by atoms with Crippen LogP contribution in [0.4, 0.5) is 0 Å². The van der Waals surface area contributed by atoms with E-state index in [4.69, 9.17) is 9.97 Å². The van der Waals surface area contributed by atoms with Gasteiger partial charge < -0.3 is 4.40 Å². The molecule has 3 heteroatoms. The van der Waals surface area contributed by atoms with E-state index in [9.17, 15) is 0 Å². The average Bonchev–Trinajstić information content (AvgIpc) is 3.69. The van der Waals surface area contributed by atoms with Gasteiger partial charge in [0, 0.05) is 50.2 Å². The third-order valence-corrected chi connectivity index (χ3v) is 18.4. The van der Waals surface area contributed by atoms with Crippen molar-refractivity contribution in [2.45, 2.75) is 162 Å². The highest BCUT2D eigenvalue weighted by Crippen LogP contribution is 2.65. The fourth-order valence-electron chi connectivity index (χ4n) is 17.4. The summed E-state index contributed by atoms with van der Waals surface area (Å²) in [7, 11) is 0. The minimum Gasteiger partial charge on any atom is -0.305 e. The summed E-state index contributed by atoms with van der Waals surface area (Å²) in [5, 5.41) is 6.22. The Labute approximate surface area is 368 Å². The van der Waals surface area contributed by atoms with Gasteiger partial charge in [-0.05, 0) is 205 Å². The van der Waals surface area contributed by atoms with Crippen molar-refractivity contribution in [1.82, 2.24) is 14.4 Å². The molecule has 7 aromatic rings. The molecule has 9 aliphatic rings. The van der Waals surface area contributed by atoms with Crippen LogP contribution in [0.15, 0.2) is 54.9 Å². The smallest absolute Gasteiger partial charge is 0.0728 e. The predicted molar refractivity (Wildman–Crippen MR) is 257 cm³/mol. The lowest BCUT2D eigenvalue weighted by Gasteiger charge is -2.42. The molecule has 8 bridgehead atoms. The minimum absolute atomic E-state index is 0.109. The van der Waals surface area contributed by atoms with Crippen LogP contribution in [0.3, 0.4) is 0 Å². The molecule has 0 amide bonds. The number of rotatable bonds is 3. The highest BCUT2D eigenvalue weighted by atomic mass is 15.0. The van der Waals surface area contributed by atoms with Crippen LogP contribution < -0.4 is 0 Å². The minimum atomic E-state index is -0.155. The van der Waals surface area contributed by atoms with E-state index >= 15 is 0 Å². The van der Waals surface area contributed by atoms with Crippen LogP contribution in [0.5, 0.6) is 0 Å². The molecule has 16 rings (SSSR count). The monoisotopic (exact) mass is 816 g/mol. The molecule has 4 atom stereocenters. The highest BCUT2D eigenvalue weighted by Gasteiger charge is 2.52. The van der Waals surface area contributed by atoms with E-state index in [0.29, 0.717) is 23.7 Å². The fraction of sp³-hybridized carbons (Fsp3) is 0.525. The molecule has 0 aliphatic heterocycles. The van der Waals surface area contributed by atoms with E-state index in [1.165, 1.54) is 131 Å². The number of nitrogens with zero attached hydrogens (tertiary/aromatic N) is 3. The van der Waals surface area contributed by atoms with Crippen LogP contribution in [0.2, 0.25) is 0 Å². The van der Waals surface area contributed by atoms with Gasteiger partial charge in [0.1, 0.15) is 0 Å². The van der Waals surface area contributed by atoms with Gasteiger partial charge in [-0.2, -0.15) is 0 Å². The Morgan fingerprint density at radius 3 is 1.65 bits per heavy atom. The van der Waals surface area contributed by atoms with Crippen molar-refractivity contribution in [3.05, 3.63) is 99.6 Å². The number of benzene rings is 3. The predicted octanol–water partition coefficient (Wildman–Crippen LogP) is 15.8. The molecule has 0 saturated heterocycles. The van der Waals surface area contributed by atoms with Crippen molar-refractivity contribution < 1.29 is 0 Å². The number of aromatic nitrogens is 3. The van der Waals surface area contributed by atoms with Crippen LogP contribution in [0, 0.1) is 48.3 Å². The van der Waals surface area contributed by atoms with Crippen molar-refractivity contribution in [3.63, 3.8) is 0 Å². The first-order valence-corrected chi connectivity index (χ1v) is 25.0. The molecule has 316 valence electrons. The van der Waals surface area contributed by atoms with Gasteiger partial charge in [0.05, 0.1) is 28.9 Å². The standard InChI is InChI=1S/C59H65N3/c1-30-10-9-11-31(2)47(30)36-12-13-44-41(24-36)42-25-43-50-45(26-60-54-39-20-32-14-33(21-39)17-37(16-32)48(50)54)62-46-27-61-55-40-22-34-15-35(23-40)19-38(18-34)49(55)51(46)52(56(43)62)53(42)59(44,28-57(3,4)5)29-58(6,7)8/h9-13,24-27,32-35,37-40H,14-23,28-29H2,1-8H3. The molecule has 3 aromatic carbocycles. The molecule has 62 heavy (non-hydrogen) atoms. The number of hydrogen-bond acceptors (Lipinski definition) is 2. The Kier molecular flexibility index (Phi) is 7.25. The summed E-state index contributed by atoms with van der Waals surface area (Å²) in [6.07, 6.45) is 20.6. The summed E-state index contributed by atoms with van der Waals surface area (Å²) < 4.78 is 2.76. The van der Waals surface area contributed by atoms with Crippen molar-refractivity contribution in [3.8, 4) is 22.3 Å². The maximum Gasteiger partial charge on any atom is 0.0728 e. The fourth-order valence-corrected chi connectivity index (χ4v) is 17.4. The summed E-state index contributed by atoms with van der Waals surface area (Å²) in [4.78, 5) is 11.3. The maximum atomic E-state index is 5.69. The van der Waals surface area contributed by atoms with Gasteiger partial charge in [-0.15, -0.1) is 0 Å². The molecule has 4 unspecified atom stereocenters. The molecule has 9 aliphatic carbocycles. The van der Waals surface area contributed by atoms with E-state index in [1.807, 2.05) is 0 Å². The van der Waals surface area contributed by atoms with Gasteiger partial charge in [0.2, 0.25) is 0 Å². The van der Waals surface area contributed by atoms with Crippen LogP contribution in [-0.4, -0.2) is 14.4 Å². The Hall–Kier alpha value is -4.24. The van der Waals surface area contributed by atoms with Crippen LogP contribution in [0.1, 0.15) is 187 Å². The van der Waals surface area contributed by atoms with E-state index in [-0.39, 0.29) is 16.2 Å². The summed E-state index contributed by atoms with van der Waals surface area (Å²) in [5.41, 5.74) is 22.2. The van der Waals surface area contributed by atoms with E-state index in [0.717, 1.165) is 36.5 Å². The second-order valence-corrected chi connectivity index (χ2v) is 25.2. The first-order valence-electron chi connectivity index (χ1n) is 25.0. The molecule has 0 spiro atoms. The van der Waals surface area contributed by atoms with Gasteiger partial charge in [0.15, 0.2) is 0 Å². The highest BCUT2D eigenvalue weighted by molar-refractivity contribution is 6.28. The van der Waals surface area contributed by atoms with Gasteiger partial charge in [-0.25, -0.2) is 0 Å². The van der Waals surface area contributed by atoms with E-state index in [1.54, 1.807) is 38.4 Å². The molecule has 4 heterocycles. The Bertz CT molecular complexity index is 3030. The van der Waals surface area contributed by atoms with E-state index in [2.05, 4.69) is 115 Å². The summed E-state index contributed by atoms with van der Waals surface area (Å²) in [5.74, 6) is 5.86. The van der Waals surface area contributed by atoms with Crippen molar-refractivity contribution >= 4 is 38.1 Å². The summed E-state index contributed by atoms with van der Waals surface area (Å²) in [6, 6.07) is 17.4. The van der Waals surface area contributed by atoms with Gasteiger partial charge in [0.25, 0.3) is 0 Å². The van der Waals surface area contributed by atoms with Crippen molar-refractivity contribution in [2.75, 3.05) is 0 Å². The number of hydrogen-bond donors (Lipinski definition) is 0. The molecular weight excluding hydrogens is 751 g/mol. The molecule has 0 N–H and O–H groups in total. The molecule has 4 fully saturated rings. The zero-order valence-electron chi connectivity index (χ0n) is 38.6. The maximum absolute atomic E-state index is 5.69. The summed E-state index contributed by atoms with van der Waals surface area (Å²) >= 11 is 0. The zero-order valence-corrected chi connectivity index (χ0v) is 38.6. The molecule has 4 saturated carbocycles. The largest absolute Gasteiger partial charge is 0.305 e. The van der Waals surface area contributed by atoms with Crippen molar-refractivity contribution in [2.24, 2.45) is 34.5 Å². The van der Waals surface area contributed by atoms with Gasteiger partial charge in [-0.1, -0.05) is 71.9 Å². The molecule has 4 aromatic heterocycles. The Morgan fingerprint density at radius 1 is 0.581 bits per heavy atom. The topological polar surface area (TPSA) is 30.2 Å². The first kappa shape index (κ1) is 37.2. The lowest BCUT2D eigenvalue weighted by Crippen LogP contribution is -2.35. The lowest BCUT2D eigenvalue weighted by molar-refractivity contribution is 0.165. The Balaban J connectivity index is 1.19. The Morgan fingerprint density at radius 2 is 1.10 bits per heavy atom. The third kappa shape index (κ3) is 4.90. The second kappa shape index (κ2) is 12.1. The van der Waals surface area contributed by atoms with Crippen LogP contribution in [0.25, 0.3) is 60.3 Å². The summed E-state index contributed by atoms with van der Waals surface area (Å²) in [6.45, 7) is 19.7. The van der Waals surface area contributed by atoms with Crippen LogP contribution in [-0.2, 0) is 5.41 Å². The molecule has 0 radical (unpaired) electrons. The first-order chi connectivity index (χ1) is 29.7. The molecular formula is C59H65N3. The number of fused-ring (bicyclic) bond motifs is 10. The van der Waals surface area contributed by atoms with Gasteiger partial charge in [-0.3, -0.25) is 9.97 Å². The average molecular weight is 816 g/mol. The quantitative estimate of drug-likeness (QED) is 0.178. The van der Waals surface area contributed by atoms with E-state index < -0.39 is 0 Å².